The van der Waals surface area contributed by atoms with Crippen molar-refractivity contribution >= 4 is 28.6 Å². The number of nitrogens with one attached hydrogen (secondary N) is 1. The van der Waals surface area contributed by atoms with Crippen LogP contribution in [0.15, 0.2) is 29.6 Å². The number of benzene rings is 1. The summed E-state index contributed by atoms with van der Waals surface area (Å²) in [6, 6.07) is 6.19. The molecule has 1 heterocycles. The van der Waals surface area contributed by atoms with Gasteiger partial charge in [0.05, 0.1) is 10.5 Å². The second-order valence-electron chi connectivity index (χ2n) is 4.99. The molecule has 0 fully saturated rings. The molecular weight excluding hydrogens is 288 g/mol. The first kappa shape index (κ1) is 13.8. The van der Waals surface area contributed by atoms with E-state index in [0.29, 0.717) is 5.56 Å². The number of carbonyl (C=O) groups is 1. The molecule has 0 radical (unpaired) electrons. The Bertz CT molecular complexity index is 709. The number of hydrogen-bond donors (Lipinski definition) is 1. The molecule has 1 amide bonds. The van der Waals surface area contributed by atoms with Crippen LogP contribution in [0.2, 0.25) is 0 Å². The lowest BCUT2D eigenvalue weighted by molar-refractivity contribution is -0.383. The third-order valence-corrected chi connectivity index (χ3v) is 4.74. The van der Waals surface area contributed by atoms with Gasteiger partial charge in [-0.15, -0.1) is 11.3 Å². The molecule has 1 aliphatic carbocycles. The van der Waals surface area contributed by atoms with E-state index >= 15 is 0 Å². The first-order valence-corrected chi connectivity index (χ1v) is 7.69. The van der Waals surface area contributed by atoms with E-state index in [2.05, 4.69) is 5.32 Å². The van der Waals surface area contributed by atoms with Crippen LogP contribution in [0.4, 0.5) is 11.4 Å². The van der Waals surface area contributed by atoms with Crippen LogP contribution in [0.3, 0.4) is 0 Å². The summed E-state index contributed by atoms with van der Waals surface area (Å²) in [5.41, 5.74) is 1.92. The fourth-order valence-electron chi connectivity index (χ4n) is 2.61. The van der Waals surface area contributed by atoms with E-state index in [0.717, 1.165) is 24.8 Å². The van der Waals surface area contributed by atoms with Gasteiger partial charge < -0.3 is 5.32 Å². The molecule has 3 rings (SSSR count). The van der Waals surface area contributed by atoms with Crippen molar-refractivity contribution in [3.05, 3.63) is 55.8 Å². The van der Waals surface area contributed by atoms with Crippen LogP contribution in [0.25, 0.3) is 0 Å². The van der Waals surface area contributed by atoms with Gasteiger partial charge in [-0.3, -0.25) is 14.9 Å². The number of nitro benzene ring substituents is 1. The molecule has 21 heavy (non-hydrogen) atoms. The number of carbonyl (C=O) groups excluding carboxylic acids is 1. The molecule has 1 N–H and O–H groups in total. The molecule has 0 unspecified atom stereocenters. The van der Waals surface area contributed by atoms with Gasteiger partial charge in [-0.1, -0.05) is 12.1 Å². The maximum Gasteiger partial charge on any atom is 0.292 e. The summed E-state index contributed by atoms with van der Waals surface area (Å²) in [4.78, 5) is 24.2. The summed E-state index contributed by atoms with van der Waals surface area (Å²) in [5, 5.41) is 15.5. The monoisotopic (exact) mass is 302 g/mol. The SMILES string of the molecule is O=C(Nc1ccccc1[N+](=O)[O-])c1csc2c1CCCC2. The number of fused-ring (bicyclic) bond motifs is 1. The van der Waals surface area contributed by atoms with Gasteiger partial charge in [0.15, 0.2) is 0 Å². The van der Waals surface area contributed by atoms with Gasteiger partial charge in [0, 0.05) is 16.3 Å². The maximum atomic E-state index is 12.4. The lowest BCUT2D eigenvalue weighted by atomic mass is 9.95. The number of nitrogens with zero attached hydrogens (tertiary/aromatic N) is 1. The van der Waals surface area contributed by atoms with Gasteiger partial charge in [-0.05, 0) is 37.3 Å². The summed E-state index contributed by atoms with van der Waals surface area (Å²) in [6.45, 7) is 0. The van der Waals surface area contributed by atoms with Crippen molar-refractivity contribution in [2.45, 2.75) is 25.7 Å². The van der Waals surface area contributed by atoms with E-state index in [4.69, 9.17) is 0 Å². The van der Waals surface area contributed by atoms with Crippen LogP contribution in [-0.4, -0.2) is 10.8 Å². The zero-order valence-corrected chi connectivity index (χ0v) is 12.1. The van der Waals surface area contributed by atoms with Crippen molar-refractivity contribution in [1.29, 1.82) is 0 Å². The smallest absolute Gasteiger partial charge is 0.292 e. The third kappa shape index (κ3) is 2.67. The number of anilines is 1. The van der Waals surface area contributed by atoms with Gasteiger partial charge >= 0.3 is 0 Å². The Labute approximate surface area is 125 Å². The van der Waals surface area contributed by atoms with E-state index in [9.17, 15) is 14.9 Å². The first-order chi connectivity index (χ1) is 10.2. The summed E-state index contributed by atoms with van der Waals surface area (Å²) in [6.07, 6.45) is 4.20. The maximum absolute atomic E-state index is 12.4. The quantitative estimate of drug-likeness (QED) is 0.692. The summed E-state index contributed by atoms with van der Waals surface area (Å²) < 4.78 is 0. The fraction of sp³-hybridized carbons (Fsp3) is 0.267. The Hall–Kier alpha value is -2.21. The minimum atomic E-state index is -0.487. The average molecular weight is 302 g/mol. The van der Waals surface area contributed by atoms with E-state index < -0.39 is 4.92 Å². The largest absolute Gasteiger partial charge is 0.316 e. The standard InChI is InChI=1S/C15H14N2O3S/c18-15(11-9-21-14-8-4-1-5-10(11)14)16-12-6-2-3-7-13(12)17(19)20/h2-3,6-7,9H,1,4-5,8H2,(H,16,18). The first-order valence-electron chi connectivity index (χ1n) is 6.81. The second-order valence-corrected chi connectivity index (χ2v) is 5.95. The Kier molecular flexibility index (Phi) is 3.70. The lowest BCUT2D eigenvalue weighted by Crippen LogP contribution is -2.15. The lowest BCUT2D eigenvalue weighted by Gasteiger charge is -2.12. The van der Waals surface area contributed by atoms with Crippen LogP contribution >= 0.6 is 11.3 Å². The molecule has 0 spiro atoms. The summed E-state index contributed by atoms with van der Waals surface area (Å²) in [5.74, 6) is -0.260. The minimum absolute atomic E-state index is 0.0880. The predicted molar refractivity (Wildman–Crippen MR) is 82.0 cm³/mol. The third-order valence-electron chi connectivity index (χ3n) is 3.65. The van der Waals surface area contributed by atoms with Crippen molar-refractivity contribution < 1.29 is 9.72 Å². The number of amides is 1. The molecule has 2 aromatic rings. The number of aryl methyl sites for hydroxylation is 1. The van der Waals surface area contributed by atoms with Gasteiger partial charge in [0.1, 0.15) is 5.69 Å². The zero-order chi connectivity index (χ0) is 14.8. The molecule has 1 aromatic carbocycles. The molecule has 0 bridgehead atoms. The van der Waals surface area contributed by atoms with Crippen LogP contribution in [-0.2, 0) is 12.8 Å². The van der Waals surface area contributed by atoms with Gasteiger partial charge in [0.25, 0.3) is 11.6 Å². The number of nitro groups is 1. The van der Waals surface area contributed by atoms with E-state index in [1.807, 2.05) is 5.38 Å². The van der Waals surface area contributed by atoms with Crippen LogP contribution in [0.1, 0.15) is 33.6 Å². The highest BCUT2D eigenvalue weighted by Crippen LogP contribution is 2.31. The molecular formula is C15H14N2O3S. The topological polar surface area (TPSA) is 72.2 Å². The van der Waals surface area contributed by atoms with E-state index in [1.54, 1.807) is 29.5 Å². The summed E-state index contributed by atoms with van der Waals surface area (Å²) >= 11 is 1.61. The highest BCUT2D eigenvalue weighted by atomic mass is 32.1. The molecule has 0 saturated heterocycles. The van der Waals surface area contributed by atoms with Crippen LogP contribution in [0, 0.1) is 10.1 Å². The molecule has 6 heteroatoms. The number of rotatable bonds is 3. The molecule has 0 aliphatic heterocycles. The molecule has 1 aromatic heterocycles. The average Bonchev–Trinajstić information content (AvgIpc) is 2.91. The second kappa shape index (κ2) is 5.65. The normalized spacial score (nSPS) is 13.5. The molecule has 0 saturated carbocycles. The Morgan fingerprint density at radius 1 is 1.24 bits per heavy atom. The number of para-hydroxylation sites is 2. The highest BCUT2D eigenvalue weighted by molar-refractivity contribution is 7.10. The van der Waals surface area contributed by atoms with Crippen molar-refractivity contribution in [1.82, 2.24) is 0 Å². The van der Waals surface area contributed by atoms with Crippen molar-refractivity contribution in [2.24, 2.45) is 0 Å². The van der Waals surface area contributed by atoms with Crippen molar-refractivity contribution in [3.8, 4) is 0 Å². The van der Waals surface area contributed by atoms with Crippen molar-refractivity contribution in [2.75, 3.05) is 5.32 Å². The fourth-order valence-corrected chi connectivity index (χ4v) is 3.74. The zero-order valence-electron chi connectivity index (χ0n) is 11.3. The molecule has 5 nitrogen and oxygen atoms in total. The molecule has 1 aliphatic rings. The van der Waals surface area contributed by atoms with Crippen LogP contribution in [0.5, 0.6) is 0 Å². The Balaban J connectivity index is 1.87. The van der Waals surface area contributed by atoms with Gasteiger partial charge in [0.2, 0.25) is 0 Å². The van der Waals surface area contributed by atoms with E-state index in [1.165, 1.54) is 17.4 Å². The number of thiophene rings is 1. The molecule has 0 atom stereocenters. The number of hydrogen-bond acceptors (Lipinski definition) is 4. The van der Waals surface area contributed by atoms with Gasteiger partial charge in [-0.25, -0.2) is 0 Å². The highest BCUT2D eigenvalue weighted by Gasteiger charge is 2.22. The Morgan fingerprint density at radius 3 is 2.81 bits per heavy atom. The molecule has 108 valence electrons. The Morgan fingerprint density at radius 2 is 2.00 bits per heavy atom. The predicted octanol–water partition coefficient (Wildman–Crippen LogP) is 3.79. The minimum Gasteiger partial charge on any atom is -0.316 e. The van der Waals surface area contributed by atoms with E-state index in [-0.39, 0.29) is 17.3 Å². The van der Waals surface area contributed by atoms with Crippen LogP contribution < -0.4 is 5.32 Å². The summed E-state index contributed by atoms with van der Waals surface area (Å²) in [7, 11) is 0. The van der Waals surface area contributed by atoms with Gasteiger partial charge in [-0.2, -0.15) is 0 Å². The van der Waals surface area contributed by atoms with Crippen molar-refractivity contribution in [3.63, 3.8) is 0 Å².